The van der Waals surface area contributed by atoms with E-state index in [1.807, 2.05) is 42.5 Å². The third-order valence-electron chi connectivity index (χ3n) is 5.24. The summed E-state index contributed by atoms with van der Waals surface area (Å²) in [4.78, 5) is 27.6. The molecule has 1 aliphatic heterocycles. The average molecular weight is 410 g/mol. The van der Waals surface area contributed by atoms with Crippen LogP contribution in [0.3, 0.4) is 0 Å². The fourth-order valence-corrected chi connectivity index (χ4v) is 3.71. The first-order valence-corrected chi connectivity index (χ1v) is 10.7. The van der Waals surface area contributed by atoms with Gasteiger partial charge >= 0.3 is 0 Å². The van der Waals surface area contributed by atoms with Gasteiger partial charge < -0.3 is 20.3 Å². The molecule has 1 heterocycles. The Bertz CT molecular complexity index is 833. The maximum Gasteiger partial charge on any atom is 0.253 e. The van der Waals surface area contributed by atoms with Crippen LogP contribution in [0.1, 0.15) is 41.6 Å². The molecule has 1 aliphatic rings. The second-order valence-corrected chi connectivity index (χ2v) is 7.59. The van der Waals surface area contributed by atoms with Crippen molar-refractivity contribution in [3.63, 3.8) is 0 Å². The van der Waals surface area contributed by atoms with E-state index in [-0.39, 0.29) is 11.8 Å². The van der Waals surface area contributed by atoms with Crippen molar-refractivity contribution in [2.75, 3.05) is 43.6 Å². The van der Waals surface area contributed by atoms with E-state index in [9.17, 15) is 9.59 Å². The molecule has 1 fully saturated rings. The van der Waals surface area contributed by atoms with Crippen molar-refractivity contribution in [1.29, 1.82) is 0 Å². The lowest BCUT2D eigenvalue weighted by Crippen LogP contribution is -2.33. The minimum Gasteiger partial charge on any atom is -0.385 e. The van der Waals surface area contributed by atoms with Crippen LogP contribution in [0.15, 0.2) is 48.5 Å². The normalized spacial score (nSPS) is 13.7. The standard InChI is InChI=1S/C24H31N3O3/c1-30-16-8-13-25-24(29)21-18-20(11-12-22(21)27-14-6-3-7-15-27)26-23(28)17-19-9-4-2-5-10-19/h2,4-5,9-12,18H,3,6-8,13-17H2,1H3,(H,25,29)(H,26,28). The topological polar surface area (TPSA) is 70.7 Å². The maximum absolute atomic E-state index is 12.9. The maximum atomic E-state index is 12.9. The summed E-state index contributed by atoms with van der Waals surface area (Å²) in [5, 5.41) is 5.91. The number of amides is 2. The van der Waals surface area contributed by atoms with Gasteiger partial charge in [-0.3, -0.25) is 9.59 Å². The van der Waals surface area contributed by atoms with E-state index >= 15 is 0 Å². The van der Waals surface area contributed by atoms with Gasteiger partial charge in [-0.15, -0.1) is 0 Å². The lowest BCUT2D eigenvalue weighted by atomic mass is 10.1. The second kappa shape index (κ2) is 11.4. The molecule has 0 bridgehead atoms. The molecule has 2 amide bonds. The predicted octanol–water partition coefficient (Wildman–Crippen LogP) is 3.62. The molecule has 3 rings (SSSR count). The number of hydrogen-bond donors (Lipinski definition) is 2. The number of rotatable bonds is 9. The van der Waals surface area contributed by atoms with Gasteiger partial charge in [-0.1, -0.05) is 30.3 Å². The summed E-state index contributed by atoms with van der Waals surface area (Å²) in [6.45, 7) is 3.05. The molecule has 2 aromatic rings. The zero-order chi connectivity index (χ0) is 21.2. The predicted molar refractivity (Wildman–Crippen MR) is 120 cm³/mol. The highest BCUT2D eigenvalue weighted by molar-refractivity contribution is 6.02. The Morgan fingerprint density at radius 2 is 1.80 bits per heavy atom. The molecule has 0 saturated carbocycles. The van der Waals surface area contributed by atoms with Crippen molar-refractivity contribution in [3.05, 3.63) is 59.7 Å². The lowest BCUT2D eigenvalue weighted by Gasteiger charge is -2.30. The van der Waals surface area contributed by atoms with Crippen molar-refractivity contribution >= 4 is 23.2 Å². The monoisotopic (exact) mass is 409 g/mol. The summed E-state index contributed by atoms with van der Waals surface area (Å²) < 4.78 is 5.05. The Kier molecular flexibility index (Phi) is 8.27. The Balaban J connectivity index is 1.74. The summed E-state index contributed by atoms with van der Waals surface area (Å²) in [6.07, 6.45) is 4.54. The molecule has 0 spiro atoms. The molecule has 0 aromatic heterocycles. The van der Waals surface area contributed by atoms with E-state index < -0.39 is 0 Å². The largest absolute Gasteiger partial charge is 0.385 e. The first-order valence-electron chi connectivity index (χ1n) is 10.7. The van der Waals surface area contributed by atoms with Gasteiger partial charge in [0.2, 0.25) is 5.91 Å². The molecule has 30 heavy (non-hydrogen) atoms. The fraction of sp³-hybridized carbons (Fsp3) is 0.417. The molecule has 0 radical (unpaired) electrons. The number of nitrogens with zero attached hydrogens (tertiary/aromatic N) is 1. The molecule has 2 aromatic carbocycles. The summed E-state index contributed by atoms with van der Waals surface area (Å²) in [7, 11) is 1.65. The highest BCUT2D eigenvalue weighted by Crippen LogP contribution is 2.27. The van der Waals surface area contributed by atoms with Crippen LogP contribution >= 0.6 is 0 Å². The molecular formula is C24H31N3O3. The number of carbonyl (C=O) groups is 2. The molecule has 1 saturated heterocycles. The quantitative estimate of drug-likeness (QED) is 0.621. The molecule has 0 aliphatic carbocycles. The van der Waals surface area contributed by atoms with Crippen molar-refractivity contribution in [1.82, 2.24) is 5.32 Å². The summed E-state index contributed by atoms with van der Waals surface area (Å²) in [5.74, 6) is -0.218. The Labute approximate surface area is 178 Å². The third kappa shape index (κ3) is 6.32. The van der Waals surface area contributed by atoms with Gasteiger partial charge in [-0.2, -0.15) is 0 Å². The van der Waals surface area contributed by atoms with Crippen LogP contribution < -0.4 is 15.5 Å². The van der Waals surface area contributed by atoms with E-state index in [2.05, 4.69) is 15.5 Å². The van der Waals surface area contributed by atoms with E-state index in [0.29, 0.717) is 30.8 Å². The van der Waals surface area contributed by atoms with Gasteiger partial charge in [0.15, 0.2) is 0 Å². The first kappa shape index (κ1) is 21.8. The van der Waals surface area contributed by atoms with E-state index in [1.54, 1.807) is 13.2 Å². The van der Waals surface area contributed by atoms with Crippen molar-refractivity contribution in [2.45, 2.75) is 32.1 Å². The Hall–Kier alpha value is -2.86. The molecule has 0 atom stereocenters. The van der Waals surface area contributed by atoms with Crippen LogP contribution in [0.5, 0.6) is 0 Å². The van der Waals surface area contributed by atoms with Crippen LogP contribution in [-0.4, -0.2) is 45.2 Å². The van der Waals surface area contributed by atoms with Gasteiger partial charge in [0.05, 0.1) is 12.0 Å². The van der Waals surface area contributed by atoms with Gasteiger partial charge in [-0.25, -0.2) is 0 Å². The molecule has 160 valence electrons. The van der Waals surface area contributed by atoms with Crippen LogP contribution in [0.2, 0.25) is 0 Å². The number of carbonyl (C=O) groups excluding carboxylic acids is 2. The number of hydrogen-bond acceptors (Lipinski definition) is 4. The first-order chi connectivity index (χ1) is 14.7. The summed E-state index contributed by atoms with van der Waals surface area (Å²) >= 11 is 0. The number of benzene rings is 2. The van der Waals surface area contributed by atoms with Gasteiger partial charge in [0.1, 0.15) is 0 Å². The highest BCUT2D eigenvalue weighted by Gasteiger charge is 2.19. The average Bonchev–Trinajstić information content (AvgIpc) is 2.78. The summed E-state index contributed by atoms with van der Waals surface area (Å²) in [6, 6.07) is 15.2. The van der Waals surface area contributed by atoms with Crippen LogP contribution in [0, 0.1) is 0 Å². The summed E-state index contributed by atoms with van der Waals surface area (Å²) in [5.41, 5.74) is 3.13. The van der Waals surface area contributed by atoms with E-state index in [4.69, 9.17) is 4.74 Å². The fourth-order valence-electron chi connectivity index (χ4n) is 3.71. The van der Waals surface area contributed by atoms with Crippen LogP contribution in [-0.2, 0) is 16.0 Å². The van der Waals surface area contributed by atoms with Gasteiger partial charge in [0, 0.05) is 44.7 Å². The van der Waals surface area contributed by atoms with E-state index in [1.165, 1.54) is 6.42 Å². The van der Waals surface area contributed by atoms with Crippen molar-refractivity contribution in [2.24, 2.45) is 0 Å². The van der Waals surface area contributed by atoms with E-state index in [0.717, 1.165) is 43.6 Å². The number of piperidine rings is 1. The van der Waals surface area contributed by atoms with Crippen LogP contribution in [0.25, 0.3) is 0 Å². The smallest absolute Gasteiger partial charge is 0.253 e. The Morgan fingerprint density at radius 3 is 2.53 bits per heavy atom. The van der Waals surface area contributed by atoms with Crippen LogP contribution in [0.4, 0.5) is 11.4 Å². The Morgan fingerprint density at radius 1 is 1.03 bits per heavy atom. The lowest BCUT2D eigenvalue weighted by molar-refractivity contribution is -0.115. The van der Waals surface area contributed by atoms with Crippen molar-refractivity contribution in [3.8, 4) is 0 Å². The molecule has 0 unspecified atom stereocenters. The van der Waals surface area contributed by atoms with Gasteiger partial charge in [-0.05, 0) is 49.4 Å². The number of ether oxygens (including phenoxy) is 1. The molecule has 6 nitrogen and oxygen atoms in total. The van der Waals surface area contributed by atoms with Gasteiger partial charge in [0.25, 0.3) is 5.91 Å². The molecule has 2 N–H and O–H groups in total. The SMILES string of the molecule is COCCCNC(=O)c1cc(NC(=O)Cc2ccccc2)ccc1N1CCCCC1. The number of nitrogens with one attached hydrogen (secondary N) is 2. The highest BCUT2D eigenvalue weighted by atomic mass is 16.5. The number of anilines is 2. The minimum absolute atomic E-state index is 0.0987. The minimum atomic E-state index is -0.120. The van der Waals surface area contributed by atoms with Crippen molar-refractivity contribution < 1.29 is 14.3 Å². The number of methoxy groups -OCH3 is 1. The molecular weight excluding hydrogens is 378 g/mol. The third-order valence-corrected chi connectivity index (χ3v) is 5.24. The zero-order valence-electron chi connectivity index (χ0n) is 17.7. The second-order valence-electron chi connectivity index (χ2n) is 7.59. The zero-order valence-corrected chi connectivity index (χ0v) is 17.7. The molecule has 6 heteroatoms.